The SMILES string of the molecule is C[CH-]C.[CH2-]c1ccccc1.[Mg+2]. The molecular weight excluding hydrogens is 144 g/mol. The Kier molecular flexibility index (Phi) is 12.0. The monoisotopic (exact) mass is 158 g/mol. The first-order valence-corrected chi connectivity index (χ1v) is 3.42. The summed E-state index contributed by atoms with van der Waals surface area (Å²) in [5, 5.41) is 0. The van der Waals surface area contributed by atoms with Crippen molar-refractivity contribution in [1.29, 1.82) is 0 Å². The standard InChI is InChI=1S/C7H7.C3H7.Mg/c1-7-5-3-2-4-6-7;1-3-2;/h2-6H,1H2;3H,1-2H3;/q2*-1;+2. The average molecular weight is 159 g/mol. The van der Waals surface area contributed by atoms with Crippen molar-refractivity contribution in [2.45, 2.75) is 13.8 Å². The molecule has 0 heterocycles. The van der Waals surface area contributed by atoms with Crippen LogP contribution in [0.25, 0.3) is 0 Å². The first kappa shape index (κ1) is 13.4. The fraction of sp³-hybridized carbons (Fsp3) is 0.200. The van der Waals surface area contributed by atoms with Gasteiger partial charge in [-0.05, 0) is 0 Å². The number of hydrogen-bond donors (Lipinski definition) is 0. The molecule has 11 heavy (non-hydrogen) atoms. The van der Waals surface area contributed by atoms with Gasteiger partial charge in [0.05, 0.1) is 0 Å². The zero-order chi connectivity index (χ0) is 7.82. The molecule has 0 radical (unpaired) electrons. The smallest absolute Gasteiger partial charge is 0.335 e. The van der Waals surface area contributed by atoms with Crippen LogP contribution in [-0.4, -0.2) is 23.1 Å². The van der Waals surface area contributed by atoms with E-state index in [1.807, 2.05) is 50.6 Å². The van der Waals surface area contributed by atoms with Gasteiger partial charge in [0, 0.05) is 0 Å². The molecule has 1 heteroatoms. The predicted molar refractivity (Wildman–Crippen MR) is 52.3 cm³/mol. The maximum absolute atomic E-state index is 3.72. The van der Waals surface area contributed by atoms with Crippen LogP contribution < -0.4 is 0 Å². The Hall–Kier alpha value is -0.144. The van der Waals surface area contributed by atoms with Crippen molar-refractivity contribution in [3.63, 3.8) is 0 Å². The predicted octanol–water partition coefficient (Wildman–Crippen LogP) is 2.72. The van der Waals surface area contributed by atoms with Gasteiger partial charge in [-0.2, -0.15) is 38.5 Å². The third-order valence-corrected chi connectivity index (χ3v) is 0.843. The van der Waals surface area contributed by atoms with Crippen LogP contribution in [0.1, 0.15) is 19.4 Å². The zero-order valence-corrected chi connectivity index (χ0v) is 8.79. The average Bonchev–Trinajstić information content (AvgIpc) is 1.91. The third kappa shape index (κ3) is 9.86. The molecule has 0 aromatic heterocycles. The second kappa shape index (κ2) is 9.86. The second-order valence-electron chi connectivity index (χ2n) is 2.06. The Balaban J connectivity index is 0. The molecule has 0 amide bonds. The molecule has 0 nitrogen and oxygen atoms in total. The molecule has 1 aromatic rings. The van der Waals surface area contributed by atoms with Gasteiger partial charge in [-0.1, -0.05) is 6.07 Å². The molecule has 0 unspecified atom stereocenters. The number of hydrogen-bond acceptors (Lipinski definition) is 0. The van der Waals surface area contributed by atoms with Gasteiger partial charge in [0.15, 0.2) is 0 Å². The van der Waals surface area contributed by atoms with Crippen LogP contribution in [0.5, 0.6) is 0 Å². The topological polar surface area (TPSA) is 0 Å². The quantitative estimate of drug-likeness (QED) is 0.402. The van der Waals surface area contributed by atoms with E-state index in [9.17, 15) is 0 Å². The van der Waals surface area contributed by atoms with Gasteiger partial charge in [-0.25, -0.2) is 0 Å². The molecule has 0 aliphatic carbocycles. The van der Waals surface area contributed by atoms with Crippen LogP contribution in [0, 0.1) is 13.3 Å². The second-order valence-corrected chi connectivity index (χ2v) is 2.06. The molecule has 0 aliphatic rings. The Morgan fingerprint density at radius 3 is 1.64 bits per heavy atom. The zero-order valence-electron chi connectivity index (χ0n) is 7.38. The third-order valence-electron chi connectivity index (χ3n) is 0.843. The van der Waals surface area contributed by atoms with Gasteiger partial charge in [-0.15, -0.1) is 12.1 Å². The van der Waals surface area contributed by atoms with E-state index in [0.29, 0.717) is 0 Å². The number of rotatable bonds is 0. The Labute approximate surface area is 86.2 Å². The minimum atomic E-state index is 0. The van der Waals surface area contributed by atoms with Gasteiger partial charge in [0.2, 0.25) is 0 Å². The van der Waals surface area contributed by atoms with Crippen LogP contribution >= 0.6 is 0 Å². The van der Waals surface area contributed by atoms with E-state index in [2.05, 4.69) is 6.92 Å². The molecular formula is C10H14Mg. The van der Waals surface area contributed by atoms with Crippen LogP contribution in [0.4, 0.5) is 0 Å². The summed E-state index contributed by atoms with van der Waals surface area (Å²) in [5.74, 6) is 0. The summed E-state index contributed by atoms with van der Waals surface area (Å²) in [7, 11) is 0. The summed E-state index contributed by atoms with van der Waals surface area (Å²) in [5.41, 5.74) is 1.07. The first-order chi connectivity index (χ1) is 4.81. The van der Waals surface area contributed by atoms with Crippen LogP contribution in [0.3, 0.4) is 0 Å². The Morgan fingerprint density at radius 1 is 1.09 bits per heavy atom. The molecule has 0 fully saturated rings. The Bertz CT molecular complexity index is 146. The van der Waals surface area contributed by atoms with Crippen molar-refractivity contribution in [1.82, 2.24) is 0 Å². The Morgan fingerprint density at radius 2 is 1.45 bits per heavy atom. The molecule has 0 saturated carbocycles. The molecule has 0 saturated heterocycles. The summed E-state index contributed by atoms with van der Waals surface area (Å²) in [6.45, 7) is 7.72. The molecule has 0 aliphatic heterocycles. The van der Waals surface area contributed by atoms with Gasteiger partial charge < -0.3 is 6.42 Å². The van der Waals surface area contributed by atoms with Crippen LogP contribution in [-0.2, 0) is 0 Å². The van der Waals surface area contributed by atoms with Crippen molar-refractivity contribution in [2.24, 2.45) is 0 Å². The summed E-state index contributed by atoms with van der Waals surface area (Å²) >= 11 is 0. The summed E-state index contributed by atoms with van der Waals surface area (Å²) in [6, 6.07) is 9.87. The molecule has 1 rings (SSSR count). The van der Waals surface area contributed by atoms with E-state index < -0.39 is 0 Å². The minimum Gasteiger partial charge on any atom is -0.335 e. The normalized spacial score (nSPS) is 7.09. The minimum absolute atomic E-state index is 0. The summed E-state index contributed by atoms with van der Waals surface area (Å²) in [6.07, 6.45) is 2.00. The summed E-state index contributed by atoms with van der Waals surface area (Å²) in [4.78, 5) is 0. The molecule has 0 atom stereocenters. The van der Waals surface area contributed by atoms with Crippen molar-refractivity contribution in [3.8, 4) is 0 Å². The van der Waals surface area contributed by atoms with Crippen molar-refractivity contribution >= 4 is 23.1 Å². The van der Waals surface area contributed by atoms with E-state index >= 15 is 0 Å². The first-order valence-electron chi connectivity index (χ1n) is 3.42. The van der Waals surface area contributed by atoms with Crippen LogP contribution in [0.2, 0.25) is 0 Å². The fourth-order valence-electron chi connectivity index (χ4n) is 0.478. The van der Waals surface area contributed by atoms with Gasteiger partial charge >= 0.3 is 23.1 Å². The molecule has 1 aromatic carbocycles. The maximum Gasteiger partial charge on any atom is 2.00 e. The van der Waals surface area contributed by atoms with Crippen molar-refractivity contribution in [2.75, 3.05) is 0 Å². The van der Waals surface area contributed by atoms with Crippen molar-refractivity contribution < 1.29 is 0 Å². The summed E-state index contributed by atoms with van der Waals surface area (Å²) < 4.78 is 0. The number of benzene rings is 1. The van der Waals surface area contributed by atoms with E-state index in [-0.39, 0.29) is 23.1 Å². The molecule has 0 N–H and O–H groups in total. The maximum atomic E-state index is 3.72. The van der Waals surface area contributed by atoms with Gasteiger partial charge in [0.1, 0.15) is 0 Å². The van der Waals surface area contributed by atoms with Crippen LogP contribution in [0.15, 0.2) is 30.3 Å². The molecule has 0 spiro atoms. The largest absolute Gasteiger partial charge is 2.00 e. The molecule has 0 bridgehead atoms. The molecule has 56 valence electrons. The van der Waals surface area contributed by atoms with E-state index in [1.54, 1.807) is 0 Å². The van der Waals surface area contributed by atoms with E-state index in [1.165, 1.54) is 0 Å². The van der Waals surface area contributed by atoms with E-state index in [4.69, 9.17) is 0 Å². The van der Waals surface area contributed by atoms with E-state index in [0.717, 1.165) is 5.56 Å². The van der Waals surface area contributed by atoms with Crippen molar-refractivity contribution in [3.05, 3.63) is 49.2 Å². The fourth-order valence-corrected chi connectivity index (χ4v) is 0.478. The van der Waals surface area contributed by atoms with Gasteiger partial charge in [-0.3, -0.25) is 0 Å². The van der Waals surface area contributed by atoms with Gasteiger partial charge in [0.25, 0.3) is 0 Å².